The van der Waals surface area contributed by atoms with Crippen LogP contribution in [0.15, 0.2) is 61.2 Å². The van der Waals surface area contributed by atoms with E-state index in [2.05, 4.69) is 62.8 Å². The molecule has 7 nitrogen and oxygen atoms in total. The van der Waals surface area contributed by atoms with Crippen LogP contribution in [0.3, 0.4) is 0 Å². The molecule has 0 radical (unpaired) electrons. The number of fused-ring (bicyclic) bond motifs is 1. The quantitative estimate of drug-likeness (QED) is 0.309. The van der Waals surface area contributed by atoms with Gasteiger partial charge in [0.15, 0.2) is 0 Å². The predicted molar refractivity (Wildman–Crippen MR) is 149 cm³/mol. The molecule has 4 aromatic rings. The van der Waals surface area contributed by atoms with Crippen LogP contribution in [0, 0.1) is 5.92 Å². The summed E-state index contributed by atoms with van der Waals surface area (Å²) >= 11 is 1.82. The highest BCUT2D eigenvalue weighted by Gasteiger charge is 2.22. The summed E-state index contributed by atoms with van der Waals surface area (Å²) in [7, 11) is 1.65. The monoisotopic (exact) mass is 500 g/mol. The molecular formula is C28H32N6OS. The van der Waals surface area contributed by atoms with Crippen LogP contribution in [0.5, 0.6) is 0 Å². The van der Waals surface area contributed by atoms with Crippen LogP contribution in [-0.2, 0) is 6.42 Å². The minimum absolute atomic E-state index is 0.103. The summed E-state index contributed by atoms with van der Waals surface area (Å²) in [5, 5.41) is 7.14. The fraction of sp³-hybridized carbons (Fsp3) is 0.321. The lowest BCUT2D eigenvalue weighted by Gasteiger charge is -2.25. The van der Waals surface area contributed by atoms with Gasteiger partial charge < -0.3 is 10.6 Å². The number of para-hydroxylation sites is 1. The molecule has 0 spiro atoms. The lowest BCUT2D eigenvalue weighted by molar-refractivity contribution is 0.0964. The second-order valence-electron chi connectivity index (χ2n) is 8.75. The summed E-state index contributed by atoms with van der Waals surface area (Å²) in [5.41, 5.74) is 5.54. The maximum atomic E-state index is 12.4. The van der Waals surface area contributed by atoms with Gasteiger partial charge in [-0.1, -0.05) is 32.0 Å². The SMILES string of the molecule is CCc1ccc(-c2cc(NCC(CSC)C(C)c3cccc4c(C(=O)NC)ccnc34)ncn2)cn1. The average molecular weight is 501 g/mol. The number of hydrogen-bond donors (Lipinski definition) is 2. The van der Waals surface area contributed by atoms with Crippen LogP contribution in [0.4, 0.5) is 5.82 Å². The standard InChI is InChI=1S/C28H32N6OS/c1-5-21-10-9-19(14-31-21)25-13-26(34-17-33-25)32-15-20(16-36-4)18(2)22-7-6-8-23-24(28(35)29-3)11-12-30-27(22)23/h6-14,17-18,20H,5,15-16H2,1-4H3,(H,29,35)(H,32,33,34). The van der Waals surface area contributed by atoms with Crippen molar-refractivity contribution >= 4 is 34.4 Å². The molecular weight excluding hydrogens is 468 g/mol. The van der Waals surface area contributed by atoms with E-state index in [9.17, 15) is 4.79 Å². The molecule has 0 bridgehead atoms. The minimum Gasteiger partial charge on any atom is -0.370 e. The second kappa shape index (κ2) is 11.9. The Labute approximate surface area is 216 Å². The van der Waals surface area contributed by atoms with Crippen LogP contribution in [-0.4, -0.2) is 51.4 Å². The number of rotatable bonds is 10. The van der Waals surface area contributed by atoms with Crippen molar-refractivity contribution in [2.45, 2.75) is 26.2 Å². The topological polar surface area (TPSA) is 92.7 Å². The first-order chi connectivity index (χ1) is 17.5. The van der Waals surface area contributed by atoms with Crippen molar-refractivity contribution in [3.8, 4) is 11.3 Å². The first-order valence-corrected chi connectivity index (χ1v) is 13.5. The van der Waals surface area contributed by atoms with E-state index in [1.807, 2.05) is 42.2 Å². The number of carbonyl (C=O) groups excluding carboxylic acids is 1. The number of aryl methyl sites for hydroxylation is 1. The third-order valence-electron chi connectivity index (χ3n) is 6.55. The zero-order chi connectivity index (χ0) is 25.5. The Bertz CT molecular complexity index is 1330. The Morgan fingerprint density at radius 3 is 2.67 bits per heavy atom. The molecule has 0 fully saturated rings. The molecule has 0 saturated carbocycles. The van der Waals surface area contributed by atoms with Crippen LogP contribution < -0.4 is 10.6 Å². The molecule has 1 amide bonds. The molecule has 2 unspecified atom stereocenters. The molecule has 36 heavy (non-hydrogen) atoms. The molecule has 0 aliphatic rings. The number of thioether (sulfide) groups is 1. The van der Waals surface area contributed by atoms with Crippen LogP contribution in [0.2, 0.25) is 0 Å². The van der Waals surface area contributed by atoms with Crippen molar-refractivity contribution in [1.82, 2.24) is 25.3 Å². The van der Waals surface area contributed by atoms with E-state index in [-0.39, 0.29) is 11.8 Å². The highest BCUT2D eigenvalue weighted by atomic mass is 32.2. The molecule has 0 aliphatic carbocycles. The number of amides is 1. The number of carbonyl (C=O) groups is 1. The summed E-state index contributed by atoms with van der Waals surface area (Å²) in [6, 6.07) is 13.9. The molecule has 2 N–H and O–H groups in total. The smallest absolute Gasteiger partial charge is 0.251 e. The number of aromatic nitrogens is 4. The molecule has 0 aliphatic heterocycles. The molecule has 4 rings (SSSR count). The van der Waals surface area contributed by atoms with Crippen molar-refractivity contribution in [3.05, 3.63) is 78.0 Å². The number of nitrogens with one attached hydrogen (secondary N) is 2. The Hall–Kier alpha value is -3.52. The lowest BCUT2D eigenvalue weighted by atomic mass is 9.86. The van der Waals surface area contributed by atoms with E-state index in [1.54, 1.807) is 25.6 Å². The fourth-order valence-electron chi connectivity index (χ4n) is 4.38. The molecule has 1 aromatic carbocycles. The summed E-state index contributed by atoms with van der Waals surface area (Å²) < 4.78 is 0. The van der Waals surface area contributed by atoms with E-state index >= 15 is 0 Å². The maximum absolute atomic E-state index is 12.4. The van der Waals surface area contributed by atoms with E-state index in [0.717, 1.165) is 58.0 Å². The van der Waals surface area contributed by atoms with Gasteiger partial charge in [-0.2, -0.15) is 11.8 Å². The summed E-state index contributed by atoms with van der Waals surface area (Å²) in [6.45, 7) is 5.07. The number of benzene rings is 1. The second-order valence-corrected chi connectivity index (χ2v) is 9.66. The van der Waals surface area contributed by atoms with Crippen LogP contribution >= 0.6 is 11.8 Å². The Balaban J connectivity index is 1.56. The fourth-order valence-corrected chi connectivity index (χ4v) is 5.21. The molecule has 3 aromatic heterocycles. The Morgan fingerprint density at radius 2 is 1.94 bits per heavy atom. The van der Waals surface area contributed by atoms with Gasteiger partial charge in [0, 0.05) is 48.7 Å². The van der Waals surface area contributed by atoms with Crippen molar-refractivity contribution in [1.29, 1.82) is 0 Å². The van der Waals surface area contributed by atoms with E-state index < -0.39 is 0 Å². The van der Waals surface area contributed by atoms with Gasteiger partial charge in [-0.15, -0.1) is 0 Å². The molecule has 186 valence electrons. The number of nitrogens with zero attached hydrogens (tertiary/aromatic N) is 4. The predicted octanol–water partition coefficient (Wildman–Crippen LogP) is 5.20. The van der Waals surface area contributed by atoms with E-state index in [4.69, 9.17) is 0 Å². The molecule has 3 heterocycles. The summed E-state index contributed by atoms with van der Waals surface area (Å²) in [5.74, 6) is 2.19. The van der Waals surface area contributed by atoms with E-state index in [1.165, 1.54) is 0 Å². The third kappa shape index (κ3) is 5.65. The highest BCUT2D eigenvalue weighted by Crippen LogP contribution is 2.32. The van der Waals surface area contributed by atoms with Gasteiger partial charge in [0.1, 0.15) is 12.1 Å². The average Bonchev–Trinajstić information content (AvgIpc) is 2.94. The summed E-state index contributed by atoms with van der Waals surface area (Å²) in [4.78, 5) is 30.4. The number of hydrogen-bond acceptors (Lipinski definition) is 7. The third-order valence-corrected chi connectivity index (χ3v) is 7.31. The van der Waals surface area contributed by atoms with Crippen molar-refractivity contribution in [3.63, 3.8) is 0 Å². The van der Waals surface area contributed by atoms with Gasteiger partial charge in [0.25, 0.3) is 5.91 Å². The summed E-state index contributed by atoms with van der Waals surface area (Å²) in [6.07, 6.45) is 8.21. The van der Waals surface area contributed by atoms with Crippen LogP contribution in [0.1, 0.15) is 41.4 Å². The molecule has 8 heteroatoms. The maximum Gasteiger partial charge on any atom is 0.251 e. The van der Waals surface area contributed by atoms with Gasteiger partial charge in [-0.3, -0.25) is 14.8 Å². The van der Waals surface area contributed by atoms with Crippen molar-refractivity contribution in [2.24, 2.45) is 5.92 Å². The first kappa shape index (κ1) is 25.6. The van der Waals surface area contributed by atoms with Gasteiger partial charge in [0.2, 0.25) is 0 Å². The van der Waals surface area contributed by atoms with Gasteiger partial charge in [-0.25, -0.2) is 9.97 Å². The largest absolute Gasteiger partial charge is 0.370 e. The number of pyridine rings is 2. The molecule has 0 saturated heterocycles. The van der Waals surface area contributed by atoms with Crippen molar-refractivity contribution < 1.29 is 4.79 Å². The van der Waals surface area contributed by atoms with Gasteiger partial charge in [-0.05, 0) is 54.0 Å². The zero-order valence-corrected chi connectivity index (χ0v) is 22.0. The van der Waals surface area contributed by atoms with Gasteiger partial charge >= 0.3 is 0 Å². The minimum atomic E-state index is -0.103. The van der Waals surface area contributed by atoms with Crippen LogP contribution in [0.25, 0.3) is 22.2 Å². The Morgan fingerprint density at radius 1 is 1.08 bits per heavy atom. The first-order valence-electron chi connectivity index (χ1n) is 12.2. The Kier molecular flexibility index (Phi) is 8.48. The van der Waals surface area contributed by atoms with Gasteiger partial charge in [0.05, 0.1) is 16.8 Å². The lowest BCUT2D eigenvalue weighted by Crippen LogP contribution is -2.23. The normalized spacial score (nSPS) is 12.8. The highest BCUT2D eigenvalue weighted by molar-refractivity contribution is 7.98. The molecule has 2 atom stereocenters. The van der Waals surface area contributed by atoms with E-state index in [0.29, 0.717) is 11.5 Å². The number of anilines is 1. The zero-order valence-electron chi connectivity index (χ0n) is 21.2. The van der Waals surface area contributed by atoms with Crippen molar-refractivity contribution in [2.75, 3.05) is 30.9 Å².